The van der Waals surface area contributed by atoms with Crippen molar-refractivity contribution in [2.75, 3.05) is 14.2 Å². The second-order valence-electron chi connectivity index (χ2n) is 4.49. The highest BCUT2D eigenvalue weighted by molar-refractivity contribution is 5.94. The van der Waals surface area contributed by atoms with Gasteiger partial charge in [0.05, 0.1) is 19.9 Å². The highest BCUT2D eigenvalue weighted by Gasteiger charge is 2.08. The third-order valence-electron chi connectivity index (χ3n) is 3.09. The Morgan fingerprint density at radius 3 is 2.23 bits per heavy atom. The summed E-state index contributed by atoms with van der Waals surface area (Å²) in [6.07, 6.45) is 0. The molecule has 0 saturated heterocycles. The van der Waals surface area contributed by atoms with Crippen molar-refractivity contribution in [3.05, 3.63) is 66.2 Å². The number of hydrazine groups is 1. The van der Waals surface area contributed by atoms with E-state index in [4.69, 9.17) is 9.47 Å². The Labute approximate surface area is 129 Å². The normalized spacial score (nSPS) is 9.73. The minimum absolute atomic E-state index is 0.234. The van der Waals surface area contributed by atoms with Crippen molar-refractivity contribution in [2.45, 2.75) is 0 Å². The molecular weight excluding hydrogens is 280 g/mol. The summed E-state index contributed by atoms with van der Waals surface area (Å²) in [4.78, 5) is 11.9. The third-order valence-corrected chi connectivity index (χ3v) is 3.09. The molecule has 22 heavy (non-hydrogen) atoms. The minimum atomic E-state index is -0.234. The molecule has 0 atom stereocenters. The first kappa shape index (κ1) is 15.4. The summed E-state index contributed by atoms with van der Waals surface area (Å²) in [7, 11) is 3.14. The second-order valence-corrected chi connectivity index (χ2v) is 4.49. The summed E-state index contributed by atoms with van der Waals surface area (Å²) in [5, 5.41) is 0. The molecule has 2 aromatic carbocycles. The lowest BCUT2D eigenvalue weighted by molar-refractivity contribution is 0.0942. The van der Waals surface area contributed by atoms with Crippen LogP contribution >= 0.6 is 0 Å². The molecule has 0 fully saturated rings. The molecule has 0 radical (unpaired) electrons. The monoisotopic (exact) mass is 298 g/mol. The van der Waals surface area contributed by atoms with Crippen LogP contribution in [0.1, 0.15) is 15.9 Å². The fourth-order valence-corrected chi connectivity index (χ4v) is 1.89. The average molecular weight is 298 g/mol. The summed E-state index contributed by atoms with van der Waals surface area (Å²) < 4.78 is 10.4. The maximum atomic E-state index is 11.9. The van der Waals surface area contributed by atoms with Gasteiger partial charge in [-0.3, -0.25) is 15.6 Å². The Morgan fingerprint density at radius 1 is 0.909 bits per heavy atom. The predicted molar refractivity (Wildman–Crippen MR) is 85.6 cm³/mol. The summed E-state index contributed by atoms with van der Waals surface area (Å²) in [6, 6.07) is 14.3. The zero-order valence-electron chi connectivity index (χ0n) is 12.6. The van der Waals surface area contributed by atoms with Crippen molar-refractivity contribution in [3.8, 4) is 11.5 Å². The molecule has 114 valence electrons. The van der Waals surface area contributed by atoms with Crippen molar-refractivity contribution >= 4 is 11.6 Å². The number of carbonyl (C=O) groups excluding carboxylic acids is 1. The van der Waals surface area contributed by atoms with Gasteiger partial charge in [-0.25, -0.2) is 0 Å². The maximum Gasteiger partial charge on any atom is 0.269 e. The van der Waals surface area contributed by atoms with E-state index in [-0.39, 0.29) is 5.91 Å². The zero-order chi connectivity index (χ0) is 15.9. The van der Waals surface area contributed by atoms with E-state index in [1.165, 1.54) is 0 Å². The van der Waals surface area contributed by atoms with Crippen LogP contribution in [0.3, 0.4) is 0 Å². The van der Waals surface area contributed by atoms with Gasteiger partial charge in [0, 0.05) is 11.1 Å². The molecule has 2 N–H and O–H groups in total. The number of carbonyl (C=O) groups is 1. The molecule has 5 nitrogen and oxygen atoms in total. The van der Waals surface area contributed by atoms with Crippen molar-refractivity contribution in [1.82, 2.24) is 10.9 Å². The van der Waals surface area contributed by atoms with E-state index >= 15 is 0 Å². The van der Waals surface area contributed by atoms with Crippen LogP contribution in [0.5, 0.6) is 11.5 Å². The molecule has 0 aromatic heterocycles. The van der Waals surface area contributed by atoms with E-state index in [0.717, 1.165) is 5.56 Å². The largest absolute Gasteiger partial charge is 0.493 e. The van der Waals surface area contributed by atoms with Crippen LogP contribution in [0.2, 0.25) is 0 Å². The Hall–Kier alpha value is -2.95. The van der Waals surface area contributed by atoms with Gasteiger partial charge in [-0.1, -0.05) is 24.8 Å². The van der Waals surface area contributed by atoms with E-state index in [1.54, 1.807) is 50.6 Å². The molecule has 2 aromatic rings. The average Bonchev–Trinajstić information content (AvgIpc) is 2.59. The number of hydrogen-bond acceptors (Lipinski definition) is 4. The number of benzene rings is 2. The van der Waals surface area contributed by atoms with Gasteiger partial charge in [-0.05, 0) is 30.3 Å². The van der Waals surface area contributed by atoms with Crippen LogP contribution in [0, 0.1) is 0 Å². The molecule has 1 amide bonds. The molecular formula is C17H18N2O3. The van der Waals surface area contributed by atoms with Crippen LogP contribution in [-0.4, -0.2) is 20.1 Å². The molecule has 0 bridgehead atoms. The lowest BCUT2D eigenvalue weighted by atomic mass is 10.1. The summed E-state index contributed by atoms with van der Waals surface area (Å²) in [6.45, 7) is 3.90. The number of hydrogen-bond donors (Lipinski definition) is 2. The molecule has 0 heterocycles. The maximum absolute atomic E-state index is 11.9. The van der Waals surface area contributed by atoms with Crippen LogP contribution in [-0.2, 0) is 0 Å². The van der Waals surface area contributed by atoms with Crippen molar-refractivity contribution in [3.63, 3.8) is 0 Å². The minimum Gasteiger partial charge on any atom is -0.493 e. The van der Waals surface area contributed by atoms with Crippen molar-refractivity contribution in [2.24, 2.45) is 0 Å². The lowest BCUT2D eigenvalue weighted by Gasteiger charge is -2.13. The zero-order valence-corrected chi connectivity index (χ0v) is 12.6. The first-order valence-electron chi connectivity index (χ1n) is 6.68. The smallest absolute Gasteiger partial charge is 0.269 e. The summed E-state index contributed by atoms with van der Waals surface area (Å²) in [5.41, 5.74) is 7.29. The lowest BCUT2D eigenvalue weighted by Crippen LogP contribution is -2.35. The van der Waals surface area contributed by atoms with Crippen LogP contribution < -0.4 is 20.3 Å². The van der Waals surface area contributed by atoms with Gasteiger partial charge in [0.25, 0.3) is 5.91 Å². The van der Waals surface area contributed by atoms with E-state index in [9.17, 15) is 4.79 Å². The Kier molecular flexibility index (Phi) is 5.03. The number of methoxy groups -OCH3 is 2. The fourth-order valence-electron chi connectivity index (χ4n) is 1.89. The molecule has 2 rings (SSSR count). The predicted octanol–water partition coefficient (Wildman–Crippen LogP) is 2.61. The molecule has 0 spiro atoms. The van der Waals surface area contributed by atoms with Gasteiger partial charge in [0.2, 0.25) is 0 Å². The van der Waals surface area contributed by atoms with Crippen molar-refractivity contribution in [1.29, 1.82) is 0 Å². The number of amides is 1. The van der Waals surface area contributed by atoms with Gasteiger partial charge in [0.1, 0.15) is 0 Å². The van der Waals surface area contributed by atoms with Crippen LogP contribution in [0.15, 0.2) is 55.1 Å². The highest BCUT2D eigenvalue weighted by Crippen LogP contribution is 2.29. The van der Waals surface area contributed by atoms with Gasteiger partial charge >= 0.3 is 0 Å². The third kappa shape index (κ3) is 3.58. The Balaban J connectivity index is 2.02. The van der Waals surface area contributed by atoms with Crippen LogP contribution in [0.4, 0.5) is 0 Å². The first-order chi connectivity index (χ1) is 10.7. The van der Waals surface area contributed by atoms with Crippen molar-refractivity contribution < 1.29 is 14.3 Å². The molecule has 5 heteroatoms. The van der Waals surface area contributed by atoms with E-state index < -0.39 is 0 Å². The quantitative estimate of drug-likeness (QED) is 0.805. The molecule has 0 aliphatic rings. The first-order valence-corrected chi connectivity index (χ1v) is 6.68. The van der Waals surface area contributed by atoms with Gasteiger partial charge in [-0.2, -0.15) is 0 Å². The number of ether oxygens (including phenoxy) is 2. The van der Waals surface area contributed by atoms with E-state index in [1.807, 2.05) is 12.1 Å². The Morgan fingerprint density at radius 2 is 1.59 bits per heavy atom. The molecule has 0 unspecified atom stereocenters. The van der Waals surface area contributed by atoms with E-state index in [0.29, 0.717) is 22.8 Å². The topological polar surface area (TPSA) is 59.6 Å². The molecule has 0 aliphatic carbocycles. The van der Waals surface area contributed by atoms with Gasteiger partial charge in [0.15, 0.2) is 11.5 Å². The van der Waals surface area contributed by atoms with Gasteiger partial charge < -0.3 is 9.47 Å². The van der Waals surface area contributed by atoms with Crippen LogP contribution in [0.25, 0.3) is 5.70 Å². The summed E-state index contributed by atoms with van der Waals surface area (Å²) in [5.74, 6) is 0.993. The molecule has 0 saturated carbocycles. The number of rotatable bonds is 6. The summed E-state index contributed by atoms with van der Waals surface area (Å²) >= 11 is 0. The number of nitrogens with one attached hydrogen (secondary N) is 2. The van der Waals surface area contributed by atoms with Gasteiger partial charge in [-0.15, -0.1) is 0 Å². The Bertz CT molecular complexity index is 669. The second kappa shape index (κ2) is 7.17. The fraction of sp³-hybridized carbons (Fsp3) is 0.118. The highest BCUT2D eigenvalue weighted by atomic mass is 16.5. The standard InChI is InChI=1S/C17H18N2O3/c1-12(14-9-10-15(21-2)16(11-14)22-3)18-19-17(20)13-7-5-4-6-8-13/h4-11,18H,1H2,2-3H3,(H,19,20). The molecule has 0 aliphatic heterocycles. The van der Waals surface area contributed by atoms with E-state index in [2.05, 4.69) is 17.4 Å². The SMILES string of the molecule is C=C(NNC(=O)c1ccccc1)c1ccc(OC)c(OC)c1.